The number of benzene rings is 1. The summed E-state index contributed by atoms with van der Waals surface area (Å²) in [7, 11) is 0. The lowest BCUT2D eigenvalue weighted by Crippen LogP contribution is -2.52. The van der Waals surface area contributed by atoms with Gasteiger partial charge in [0.25, 0.3) is 0 Å². The maximum Gasteiger partial charge on any atom is 0.404 e. The topological polar surface area (TPSA) is 132 Å². The minimum absolute atomic E-state index is 0.0404. The van der Waals surface area contributed by atoms with Gasteiger partial charge in [0, 0.05) is 44.5 Å². The van der Waals surface area contributed by atoms with Crippen LogP contribution in [-0.2, 0) is 6.54 Å². The minimum atomic E-state index is -0.969. The molecule has 0 radical (unpaired) electrons. The molecule has 2 saturated heterocycles. The lowest BCUT2D eigenvalue weighted by atomic mass is 9.90. The first kappa shape index (κ1) is 25.6. The van der Waals surface area contributed by atoms with E-state index in [1.165, 1.54) is 4.57 Å². The van der Waals surface area contributed by atoms with Crippen molar-refractivity contribution >= 4 is 17.9 Å². The molecule has 2 aliphatic rings. The molecular formula is C25H35N7O4. The van der Waals surface area contributed by atoms with Gasteiger partial charge in [-0.05, 0) is 69.5 Å². The van der Waals surface area contributed by atoms with Crippen molar-refractivity contribution in [3.63, 3.8) is 0 Å². The Morgan fingerprint density at radius 3 is 2.53 bits per heavy atom. The van der Waals surface area contributed by atoms with Gasteiger partial charge in [-0.3, -0.25) is 14.8 Å². The third-order valence-corrected chi connectivity index (χ3v) is 7.01. The second-order valence-corrected chi connectivity index (χ2v) is 9.71. The number of piperidine rings is 1. The van der Waals surface area contributed by atoms with Crippen molar-refractivity contribution in [1.82, 2.24) is 30.0 Å². The van der Waals surface area contributed by atoms with Crippen molar-refractivity contribution in [3.05, 3.63) is 52.6 Å². The number of anilines is 1. The van der Waals surface area contributed by atoms with Gasteiger partial charge in [0.2, 0.25) is 0 Å². The summed E-state index contributed by atoms with van der Waals surface area (Å²) in [6.45, 7) is 8.54. The van der Waals surface area contributed by atoms with Gasteiger partial charge in [0.1, 0.15) is 5.82 Å². The van der Waals surface area contributed by atoms with Gasteiger partial charge in [-0.1, -0.05) is 12.1 Å². The van der Waals surface area contributed by atoms with Gasteiger partial charge < -0.3 is 20.6 Å². The predicted octanol–water partition coefficient (Wildman–Crippen LogP) is 1.93. The zero-order valence-electron chi connectivity index (χ0n) is 20.8. The third-order valence-electron chi connectivity index (χ3n) is 7.01. The number of likely N-dealkylation sites (tertiary alicyclic amines) is 1. The van der Waals surface area contributed by atoms with Crippen molar-refractivity contribution in [3.8, 4) is 5.69 Å². The number of hydrogen-bond acceptors (Lipinski definition) is 6. The van der Waals surface area contributed by atoms with Crippen molar-refractivity contribution in [1.29, 1.82) is 0 Å². The van der Waals surface area contributed by atoms with Crippen LogP contribution in [0.25, 0.3) is 5.69 Å². The maximum atomic E-state index is 12.6. The average molecular weight is 498 g/mol. The first-order chi connectivity index (χ1) is 17.3. The van der Waals surface area contributed by atoms with Crippen LogP contribution in [-0.4, -0.2) is 81.4 Å². The minimum Gasteiger partial charge on any atom is -0.465 e. The highest BCUT2D eigenvalue weighted by Crippen LogP contribution is 2.22. The highest BCUT2D eigenvalue weighted by molar-refractivity contribution is 5.88. The lowest BCUT2D eigenvalue weighted by Gasteiger charge is -2.34. The number of rotatable bonds is 6. The Hall–Kier alpha value is -3.44. The molecule has 2 fully saturated rings. The molecule has 0 aliphatic carbocycles. The number of carboxylic acid groups (broad SMARTS) is 1. The molecule has 1 aromatic heterocycles. The molecule has 1 aromatic carbocycles. The molecule has 4 N–H and O–H groups in total. The Bertz CT molecular complexity index is 1110. The summed E-state index contributed by atoms with van der Waals surface area (Å²) in [4.78, 5) is 44.1. The molecule has 2 unspecified atom stereocenters. The third kappa shape index (κ3) is 6.61. The van der Waals surface area contributed by atoms with Crippen LogP contribution in [0.1, 0.15) is 32.3 Å². The van der Waals surface area contributed by atoms with E-state index >= 15 is 0 Å². The number of piperazine rings is 1. The number of amides is 3. The summed E-state index contributed by atoms with van der Waals surface area (Å²) >= 11 is 0. The number of urea groups is 1. The van der Waals surface area contributed by atoms with Gasteiger partial charge in [0.15, 0.2) is 0 Å². The molecule has 0 spiro atoms. The van der Waals surface area contributed by atoms with Crippen molar-refractivity contribution in [2.75, 3.05) is 38.0 Å². The maximum absolute atomic E-state index is 12.6. The lowest BCUT2D eigenvalue weighted by molar-refractivity contribution is 0.147. The molecule has 0 saturated carbocycles. The van der Waals surface area contributed by atoms with Crippen LogP contribution in [0.2, 0.25) is 0 Å². The van der Waals surface area contributed by atoms with E-state index in [-0.39, 0.29) is 23.9 Å². The largest absolute Gasteiger partial charge is 0.465 e. The Labute approximate surface area is 210 Å². The SMILES string of the molecule is CC1CN(C(=O)Nc2ccn(-c3ccc(CN4CCC(C(C)NC(=O)O)CC4)cc3)c(=O)n2)CCN1. The molecule has 2 aliphatic heterocycles. The standard InChI is InChI=1S/C25H35N7O4/c1-17-15-31(14-10-26-17)23(33)28-22-9-13-32(24(34)29-22)21-5-3-19(4-6-21)16-30-11-7-20(8-12-30)18(2)27-25(35)36/h3-6,9,13,17-18,20,26-27H,7-8,10-12,14-16H2,1-2H3,(H,35,36)(H,28,29,33,34). The van der Waals surface area contributed by atoms with Gasteiger partial charge >= 0.3 is 17.8 Å². The van der Waals surface area contributed by atoms with E-state index in [0.717, 1.165) is 44.6 Å². The van der Waals surface area contributed by atoms with E-state index in [9.17, 15) is 14.4 Å². The number of nitrogens with one attached hydrogen (secondary N) is 3. The molecule has 11 nitrogen and oxygen atoms in total. The fourth-order valence-corrected chi connectivity index (χ4v) is 4.92. The molecule has 36 heavy (non-hydrogen) atoms. The van der Waals surface area contributed by atoms with Crippen LogP contribution in [0.3, 0.4) is 0 Å². The second kappa shape index (κ2) is 11.5. The summed E-state index contributed by atoms with van der Waals surface area (Å²) in [6.07, 6.45) is 2.56. The van der Waals surface area contributed by atoms with Crippen LogP contribution in [0, 0.1) is 5.92 Å². The summed E-state index contributed by atoms with van der Waals surface area (Å²) in [5.41, 5.74) is 1.39. The van der Waals surface area contributed by atoms with E-state index < -0.39 is 11.8 Å². The Kier molecular flexibility index (Phi) is 8.21. The van der Waals surface area contributed by atoms with E-state index in [0.29, 0.717) is 24.7 Å². The summed E-state index contributed by atoms with van der Waals surface area (Å²) < 4.78 is 1.45. The first-order valence-corrected chi connectivity index (χ1v) is 12.5. The second-order valence-electron chi connectivity index (χ2n) is 9.71. The van der Waals surface area contributed by atoms with Crippen molar-refractivity contribution in [2.45, 2.75) is 45.3 Å². The summed E-state index contributed by atoms with van der Waals surface area (Å²) in [6, 6.07) is 9.35. The number of aromatic nitrogens is 2. The summed E-state index contributed by atoms with van der Waals surface area (Å²) in [5.74, 6) is 0.590. The molecular weight excluding hydrogens is 462 g/mol. The Morgan fingerprint density at radius 1 is 1.17 bits per heavy atom. The van der Waals surface area contributed by atoms with Crippen LogP contribution < -0.4 is 21.6 Å². The Balaban J connectivity index is 1.31. The molecule has 11 heteroatoms. The van der Waals surface area contributed by atoms with Gasteiger partial charge in [-0.15, -0.1) is 0 Å². The van der Waals surface area contributed by atoms with Crippen molar-refractivity contribution < 1.29 is 14.7 Å². The highest BCUT2D eigenvalue weighted by Gasteiger charge is 2.25. The van der Waals surface area contributed by atoms with Gasteiger partial charge in [-0.2, -0.15) is 4.98 Å². The van der Waals surface area contributed by atoms with Crippen LogP contribution in [0.15, 0.2) is 41.3 Å². The van der Waals surface area contributed by atoms with E-state index in [1.54, 1.807) is 17.2 Å². The molecule has 0 bridgehead atoms. The van der Waals surface area contributed by atoms with E-state index in [1.807, 2.05) is 38.1 Å². The number of nitrogens with zero attached hydrogens (tertiary/aromatic N) is 4. The van der Waals surface area contributed by atoms with E-state index in [4.69, 9.17) is 5.11 Å². The van der Waals surface area contributed by atoms with E-state index in [2.05, 4.69) is 25.8 Å². The summed E-state index contributed by atoms with van der Waals surface area (Å²) in [5, 5.41) is 17.5. The Morgan fingerprint density at radius 2 is 1.89 bits per heavy atom. The smallest absolute Gasteiger partial charge is 0.404 e. The predicted molar refractivity (Wildman–Crippen MR) is 137 cm³/mol. The first-order valence-electron chi connectivity index (χ1n) is 12.5. The zero-order valence-corrected chi connectivity index (χ0v) is 20.8. The number of carbonyl (C=O) groups is 2. The zero-order chi connectivity index (χ0) is 25.7. The van der Waals surface area contributed by atoms with Crippen LogP contribution in [0.5, 0.6) is 0 Å². The highest BCUT2D eigenvalue weighted by atomic mass is 16.4. The molecule has 2 atom stereocenters. The number of hydrogen-bond donors (Lipinski definition) is 4. The normalized spacial score (nSPS) is 20.1. The fourth-order valence-electron chi connectivity index (χ4n) is 4.92. The van der Waals surface area contributed by atoms with Gasteiger partial charge in [0.05, 0.1) is 5.69 Å². The molecule has 4 rings (SSSR count). The average Bonchev–Trinajstić information content (AvgIpc) is 2.85. The monoisotopic (exact) mass is 497 g/mol. The fraction of sp³-hybridized carbons (Fsp3) is 0.520. The molecule has 2 aromatic rings. The van der Waals surface area contributed by atoms with Crippen molar-refractivity contribution in [2.24, 2.45) is 5.92 Å². The van der Waals surface area contributed by atoms with Crippen LogP contribution >= 0.6 is 0 Å². The molecule has 3 amide bonds. The quantitative estimate of drug-likeness (QED) is 0.479. The molecule has 3 heterocycles. The van der Waals surface area contributed by atoms with Gasteiger partial charge in [-0.25, -0.2) is 14.4 Å². The van der Waals surface area contributed by atoms with Crippen LogP contribution in [0.4, 0.5) is 15.4 Å². The molecule has 194 valence electrons. The number of carbonyl (C=O) groups excluding carboxylic acids is 1.